The molecular formula is C22H25FN6O3S. The first kappa shape index (κ1) is 22.8. The second-order valence-corrected chi connectivity index (χ2v) is 10.0. The van der Waals surface area contributed by atoms with Gasteiger partial charge in [-0.05, 0) is 32.0 Å². The number of nitrogens with one attached hydrogen (secondary N) is 1. The smallest absolute Gasteiger partial charge is 0.221 e. The number of anilines is 3. The predicted molar refractivity (Wildman–Crippen MR) is 122 cm³/mol. The highest BCUT2D eigenvalue weighted by molar-refractivity contribution is 7.90. The summed E-state index contributed by atoms with van der Waals surface area (Å²) in [6, 6.07) is 3.70. The molecule has 0 amide bonds. The first-order valence-electron chi connectivity index (χ1n) is 10.5. The summed E-state index contributed by atoms with van der Waals surface area (Å²) in [4.78, 5) is 19.3. The van der Waals surface area contributed by atoms with Crippen molar-refractivity contribution in [3.05, 3.63) is 54.0 Å². The SMILES string of the molecule is Cc1cnc(N2CCC(Oc3ncnc(Nc4ccc(S(C)(=O)=O)cc4F)c3C)CC2)cn1. The number of piperidine rings is 1. The van der Waals surface area contributed by atoms with Gasteiger partial charge in [0.15, 0.2) is 9.84 Å². The largest absolute Gasteiger partial charge is 0.474 e. The number of nitrogens with zero attached hydrogens (tertiary/aromatic N) is 5. The Morgan fingerprint density at radius 3 is 2.48 bits per heavy atom. The number of hydrogen-bond donors (Lipinski definition) is 1. The summed E-state index contributed by atoms with van der Waals surface area (Å²) in [5, 5.41) is 2.91. The third kappa shape index (κ3) is 5.36. The lowest BCUT2D eigenvalue weighted by Gasteiger charge is -2.32. The van der Waals surface area contributed by atoms with Crippen molar-refractivity contribution in [3.63, 3.8) is 0 Å². The molecule has 11 heteroatoms. The van der Waals surface area contributed by atoms with E-state index in [0.29, 0.717) is 17.3 Å². The predicted octanol–water partition coefficient (Wildman–Crippen LogP) is 3.22. The van der Waals surface area contributed by atoms with Gasteiger partial charge in [-0.2, -0.15) is 0 Å². The number of aryl methyl sites for hydroxylation is 1. The van der Waals surface area contributed by atoms with Gasteiger partial charge in [0.2, 0.25) is 5.88 Å². The van der Waals surface area contributed by atoms with Gasteiger partial charge in [-0.15, -0.1) is 0 Å². The molecule has 9 nitrogen and oxygen atoms in total. The van der Waals surface area contributed by atoms with Crippen LogP contribution in [0.1, 0.15) is 24.1 Å². The first-order chi connectivity index (χ1) is 15.7. The van der Waals surface area contributed by atoms with E-state index in [1.54, 1.807) is 19.3 Å². The van der Waals surface area contributed by atoms with Crippen molar-refractivity contribution in [3.8, 4) is 5.88 Å². The van der Waals surface area contributed by atoms with E-state index >= 15 is 0 Å². The summed E-state index contributed by atoms with van der Waals surface area (Å²) < 4.78 is 43.8. The Hall–Kier alpha value is -3.34. The van der Waals surface area contributed by atoms with Crippen molar-refractivity contribution in [1.82, 2.24) is 19.9 Å². The molecule has 3 aromatic rings. The van der Waals surface area contributed by atoms with Crippen LogP contribution < -0.4 is 15.0 Å². The van der Waals surface area contributed by atoms with E-state index < -0.39 is 15.7 Å². The average Bonchev–Trinajstić information content (AvgIpc) is 2.78. The fourth-order valence-electron chi connectivity index (χ4n) is 3.54. The standard InChI is InChI=1S/C22H25FN6O3S/c1-14-11-25-20(12-24-14)29-8-6-16(7-9-29)32-22-15(2)21(26-13-27-22)28-19-5-4-17(10-18(19)23)33(3,30)31/h4-5,10-13,16H,6-9H2,1-3H3,(H,26,27,28). The molecule has 1 aromatic carbocycles. The first-order valence-corrected chi connectivity index (χ1v) is 12.4. The van der Waals surface area contributed by atoms with Crippen LogP contribution in [0, 0.1) is 19.7 Å². The molecule has 1 aliphatic heterocycles. The zero-order valence-corrected chi connectivity index (χ0v) is 19.4. The lowest BCUT2D eigenvalue weighted by Crippen LogP contribution is -2.39. The molecule has 0 unspecified atom stereocenters. The molecule has 0 aliphatic carbocycles. The van der Waals surface area contributed by atoms with Crippen molar-refractivity contribution >= 4 is 27.2 Å². The Balaban J connectivity index is 1.42. The molecule has 1 fully saturated rings. The van der Waals surface area contributed by atoms with Crippen LogP contribution in [-0.2, 0) is 9.84 Å². The van der Waals surface area contributed by atoms with Gasteiger partial charge in [0.1, 0.15) is 29.9 Å². The van der Waals surface area contributed by atoms with E-state index in [-0.39, 0.29) is 16.7 Å². The zero-order chi connectivity index (χ0) is 23.6. The molecule has 2 aromatic heterocycles. The minimum Gasteiger partial charge on any atom is -0.474 e. The number of sulfone groups is 1. The maximum absolute atomic E-state index is 14.5. The van der Waals surface area contributed by atoms with Crippen molar-refractivity contribution in [1.29, 1.82) is 0 Å². The Morgan fingerprint density at radius 2 is 1.85 bits per heavy atom. The Morgan fingerprint density at radius 1 is 1.09 bits per heavy atom. The van der Waals surface area contributed by atoms with Gasteiger partial charge in [-0.3, -0.25) is 4.98 Å². The van der Waals surface area contributed by atoms with E-state index in [2.05, 4.69) is 30.2 Å². The van der Waals surface area contributed by atoms with Crippen molar-refractivity contribution in [2.24, 2.45) is 0 Å². The third-order valence-electron chi connectivity index (χ3n) is 5.47. The van der Waals surface area contributed by atoms with Gasteiger partial charge in [-0.25, -0.2) is 27.8 Å². The fraction of sp³-hybridized carbons (Fsp3) is 0.364. The number of aromatic nitrogens is 4. The quantitative estimate of drug-likeness (QED) is 0.578. The molecule has 3 heterocycles. The second-order valence-electron chi connectivity index (χ2n) is 8.01. The summed E-state index contributed by atoms with van der Waals surface area (Å²) in [5.74, 6) is 0.977. The Labute approximate surface area is 192 Å². The molecule has 174 valence electrons. The van der Waals surface area contributed by atoms with Gasteiger partial charge < -0.3 is 15.0 Å². The Kier molecular flexibility index (Phi) is 6.41. The summed E-state index contributed by atoms with van der Waals surface area (Å²) in [7, 11) is -3.49. The fourth-order valence-corrected chi connectivity index (χ4v) is 4.18. The highest BCUT2D eigenvalue weighted by Gasteiger charge is 2.23. The van der Waals surface area contributed by atoms with Crippen LogP contribution in [0.15, 0.2) is 41.8 Å². The average molecular weight is 473 g/mol. The molecule has 33 heavy (non-hydrogen) atoms. The van der Waals surface area contributed by atoms with Gasteiger partial charge in [0, 0.05) is 32.2 Å². The van der Waals surface area contributed by atoms with Gasteiger partial charge in [0.25, 0.3) is 0 Å². The van der Waals surface area contributed by atoms with Crippen molar-refractivity contribution < 1.29 is 17.5 Å². The highest BCUT2D eigenvalue weighted by atomic mass is 32.2. The zero-order valence-electron chi connectivity index (χ0n) is 18.6. The van der Waals surface area contributed by atoms with E-state index in [0.717, 1.165) is 49.8 Å². The molecule has 4 rings (SSSR count). The van der Waals surface area contributed by atoms with E-state index in [4.69, 9.17) is 4.74 Å². The number of hydrogen-bond acceptors (Lipinski definition) is 9. The molecule has 0 radical (unpaired) electrons. The molecular weight excluding hydrogens is 447 g/mol. The molecule has 0 spiro atoms. The monoisotopic (exact) mass is 472 g/mol. The number of ether oxygens (including phenoxy) is 1. The van der Waals surface area contributed by atoms with Gasteiger partial charge >= 0.3 is 0 Å². The number of rotatable bonds is 6. The van der Waals surface area contributed by atoms with Crippen LogP contribution in [0.2, 0.25) is 0 Å². The minimum atomic E-state index is -3.49. The van der Waals surface area contributed by atoms with Crippen LogP contribution in [-0.4, -0.2) is 53.8 Å². The third-order valence-corrected chi connectivity index (χ3v) is 6.58. The van der Waals surface area contributed by atoms with Crippen LogP contribution in [0.3, 0.4) is 0 Å². The molecule has 0 atom stereocenters. The van der Waals surface area contributed by atoms with Crippen LogP contribution in [0.4, 0.5) is 21.7 Å². The summed E-state index contributed by atoms with van der Waals surface area (Å²) in [6.45, 7) is 5.27. The van der Waals surface area contributed by atoms with Crippen molar-refractivity contribution in [2.45, 2.75) is 37.7 Å². The topological polar surface area (TPSA) is 110 Å². The summed E-state index contributed by atoms with van der Waals surface area (Å²) >= 11 is 0. The van der Waals surface area contributed by atoms with Crippen LogP contribution in [0.5, 0.6) is 5.88 Å². The van der Waals surface area contributed by atoms with Crippen LogP contribution in [0.25, 0.3) is 0 Å². The van der Waals surface area contributed by atoms with Crippen LogP contribution >= 0.6 is 0 Å². The summed E-state index contributed by atoms with van der Waals surface area (Å²) in [5.41, 5.74) is 1.63. The molecule has 1 N–H and O–H groups in total. The normalized spacial score (nSPS) is 14.8. The van der Waals surface area contributed by atoms with Crippen molar-refractivity contribution in [2.75, 3.05) is 29.6 Å². The Bertz CT molecular complexity index is 1250. The molecule has 0 saturated carbocycles. The summed E-state index contributed by atoms with van der Waals surface area (Å²) in [6.07, 6.45) is 7.49. The van der Waals surface area contributed by atoms with Gasteiger partial charge in [-0.1, -0.05) is 0 Å². The van der Waals surface area contributed by atoms with Gasteiger partial charge in [0.05, 0.1) is 34.2 Å². The van der Waals surface area contributed by atoms with E-state index in [1.165, 1.54) is 18.5 Å². The van der Waals surface area contributed by atoms with E-state index in [9.17, 15) is 12.8 Å². The molecule has 1 saturated heterocycles. The minimum absolute atomic E-state index is 0.0214. The maximum atomic E-state index is 14.5. The highest BCUT2D eigenvalue weighted by Crippen LogP contribution is 2.28. The van der Waals surface area contributed by atoms with E-state index in [1.807, 2.05) is 6.92 Å². The lowest BCUT2D eigenvalue weighted by molar-refractivity contribution is 0.162. The maximum Gasteiger partial charge on any atom is 0.221 e. The number of halogens is 1. The molecule has 1 aliphatic rings. The second kappa shape index (κ2) is 9.26. The lowest BCUT2D eigenvalue weighted by atomic mass is 10.1. The molecule has 0 bridgehead atoms. The number of benzene rings is 1.